The number of rotatable bonds is 1. The van der Waals surface area contributed by atoms with Crippen LogP contribution in [0.15, 0.2) is 18.2 Å². The molecular weight excluding hydrogens is 228 g/mol. The van der Waals surface area contributed by atoms with Gasteiger partial charge in [0.05, 0.1) is 17.2 Å². The van der Waals surface area contributed by atoms with E-state index in [1.54, 1.807) is 6.07 Å². The van der Waals surface area contributed by atoms with E-state index in [9.17, 15) is 9.59 Å². The number of hydrogen-bond donors (Lipinski definition) is 1. The smallest absolute Gasteiger partial charge is 0.261 e. The van der Waals surface area contributed by atoms with Gasteiger partial charge in [-0.15, -0.1) is 0 Å². The van der Waals surface area contributed by atoms with Crippen LogP contribution in [-0.2, 0) is 0 Å². The van der Waals surface area contributed by atoms with E-state index in [1.807, 2.05) is 19.1 Å². The normalized spacial score (nSPS) is 23.4. The Morgan fingerprint density at radius 3 is 2.72 bits per heavy atom. The molecule has 2 aliphatic rings. The molecule has 0 unspecified atom stereocenters. The second-order valence-electron chi connectivity index (χ2n) is 5.03. The average Bonchev–Trinajstić information content (AvgIpc) is 2.63. The Hall–Kier alpha value is -1.68. The van der Waals surface area contributed by atoms with E-state index in [1.165, 1.54) is 4.90 Å². The van der Waals surface area contributed by atoms with Gasteiger partial charge in [-0.3, -0.25) is 14.5 Å². The number of fused-ring (bicyclic) bond motifs is 1. The number of carbonyl (C=O) groups excluding carboxylic acids is 2. The molecule has 1 aromatic carbocycles. The van der Waals surface area contributed by atoms with Crippen molar-refractivity contribution in [3.05, 3.63) is 34.9 Å². The number of imide groups is 1. The molecule has 0 radical (unpaired) electrons. The second-order valence-corrected chi connectivity index (χ2v) is 5.03. The van der Waals surface area contributed by atoms with Crippen molar-refractivity contribution in [2.75, 3.05) is 13.1 Å². The predicted molar refractivity (Wildman–Crippen MR) is 67.6 cm³/mol. The molecule has 1 aromatic rings. The average molecular weight is 244 g/mol. The summed E-state index contributed by atoms with van der Waals surface area (Å²) in [6, 6.07) is 5.46. The molecule has 0 bridgehead atoms. The molecule has 0 aliphatic carbocycles. The van der Waals surface area contributed by atoms with Crippen molar-refractivity contribution in [2.24, 2.45) is 0 Å². The molecule has 0 aromatic heterocycles. The maximum atomic E-state index is 12.3. The monoisotopic (exact) mass is 244 g/mol. The van der Waals surface area contributed by atoms with E-state index >= 15 is 0 Å². The van der Waals surface area contributed by atoms with Crippen LogP contribution >= 0.6 is 0 Å². The summed E-state index contributed by atoms with van der Waals surface area (Å²) in [6.45, 7) is 3.62. The largest absolute Gasteiger partial charge is 0.315 e. The zero-order chi connectivity index (χ0) is 12.7. The van der Waals surface area contributed by atoms with Crippen molar-refractivity contribution >= 4 is 11.8 Å². The van der Waals surface area contributed by atoms with Crippen LogP contribution in [0.5, 0.6) is 0 Å². The molecule has 18 heavy (non-hydrogen) atoms. The maximum Gasteiger partial charge on any atom is 0.261 e. The first kappa shape index (κ1) is 11.4. The van der Waals surface area contributed by atoms with Crippen molar-refractivity contribution in [3.63, 3.8) is 0 Å². The molecule has 1 atom stereocenters. The quantitative estimate of drug-likeness (QED) is 0.758. The van der Waals surface area contributed by atoms with Gasteiger partial charge in [-0.25, -0.2) is 0 Å². The van der Waals surface area contributed by atoms with Crippen LogP contribution in [0.2, 0.25) is 0 Å². The van der Waals surface area contributed by atoms with Crippen molar-refractivity contribution in [3.8, 4) is 0 Å². The van der Waals surface area contributed by atoms with Gasteiger partial charge in [0.1, 0.15) is 0 Å². The number of benzene rings is 1. The lowest BCUT2D eigenvalue weighted by Gasteiger charge is -2.29. The number of piperidine rings is 1. The molecule has 4 nitrogen and oxygen atoms in total. The first-order chi connectivity index (χ1) is 8.68. The van der Waals surface area contributed by atoms with Gasteiger partial charge in [0.25, 0.3) is 11.8 Å². The summed E-state index contributed by atoms with van der Waals surface area (Å²) in [6.07, 6.45) is 1.91. The lowest BCUT2D eigenvalue weighted by Crippen LogP contribution is -2.48. The highest BCUT2D eigenvalue weighted by Gasteiger charge is 2.40. The van der Waals surface area contributed by atoms with Crippen molar-refractivity contribution in [1.29, 1.82) is 0 Å². The fourth-order valence-electron chi connectivity index (χ4n) is 2.76. The third-order valence-corrected chi connectivity index (χ3v) is 3.71. The molecule has 2 amide bonds. The molecule has 2 heterocycles. The van der Waals surface area contributed by atoms with Crippen LogP contribution in [0, 0.1) is 6.92 Å². The predicted octanol–water partition coefficient (Wildman–Crippen LogP) is 1.34. The van der Waals surface area contributed by atoms with Gasteiger partial charge in [0.15, 0.2) is 0 Å². The van der Waals surface area contributed by atoms with Crippen molar-refractivity contribution < 1.29 is 9.59 Å². The molecule has 1 fully saturated rings. The summed E-state index contributed by atoms with van der Waals surface area (Å²) in [5.41, 5.74) is 2.13. The van der Waals surface area contributed by atoms with Gasteiger partial charge in [-0.05, 0) is 38.4 Å². The lowest BCUT2D eigenvalue weighted by atomic mass is 10.1. The fourth-order valence-corrected chi connectivity index (χ4v) is 2.76. The molecule has 2 aliphatic heterocycles. The Morgan fingerprint density at radius 2 is 2.00 bits per heavy atom. The standard InChI is InChI=1S/C14H16N2O2/c1-9-4-5-11-12(7-9)14(18)16(13(11)17)10-3-2-6-15-8-10/h4-5,7,10,15H,2-3,6,8H2,1H3/t10-/m1/s1. The number of carbonyl (C=O) groups is 2. The zero-order valence-electron chi connectivity index (χ0n) is 10.4. The van der Waals surface area contributed by atoms with E-state index in [0.29, 0.717) is 17.7 Å². The number of aryl methyl sites for hydroxylation is 1. The molecule has 94 valence electrons. The molecule has 1 saturated heterocycles. The Labute approximate surface area is 106 Å². The molecular formula is C14H16N2O2. The second kappa shape index (κ2) is 4.21. The summed E-state index contributed by atoms with van der Waals surface area (Å²) >= 11 is 0. The molecule has 4 heteroatoms. The zero-order valence-corrected chi connectivity index (χ0v) is 10.4. The van der Waals surface area contributed by atoms with Gasteiger partial charge in [-0.1, -0.05) is 11.6 Å². The van der Waals surface area contributed by atoms with E-state index < -0.39 is 0 Å². The minimum absolute atomic E-state index is 0.00598. The van der Waals surface area contributed by atoms with Crippen LogP contribution in [0.1, 0.15) is 39.1 Å². The van der Waals surface area contributed by atoms with Gasteiger partial charge in [0.2, 0.25) is 0 Å². The topological polar surface area (TPSA) is 49.4 Å². The number of hydrogen-bond acceptors (Lipinski definition) is 3. The van der Waals surface area contributed by atoms with E-state index in [-0.39, 0.29) is 17.9 Å². The van der Waals surface area contributed by atoms with Crippen LogP contribution in [0.4, 0.5) is 0 Å². The highest BCUT2D eigenvalue weighted by molar-refractivity contribution is 6.21. The van der Waals surface area contributed by atoms with Gasteiger partial charge in [-0.2, -0.15) is 0 Å². The maximum absolute atomic E-state index is 12.3. The lowest BCUT2D eigenvalue weighted by molar-refractivity contribution is 0.0561. The van der Waals surface area contributed by atoms with Crippen LogP contribution in [-0.4, -0.2) is 35.8 Å². The molecule has 1 N–H and O–H groups in total. The first-order valence-electron chi connectivity index (χ1n) is 6.38. The summed E-state index contributed by atoms with van der Waals surface area (Å²) in [4.78, 5) is 26.1. The third-order valence-electron chi connectivity index (χ3n) is 3.71. The Kier molecular flexibility index (Phi) is 2.67. The number of nitrogens with one attached hydrogen (secondary N) is 1. The summed E-state index contributed by atoms with van der Waals surface area (Å²) in [7, 11) is 0. The third kappa shape index (κ3) is 1.64. The number of amides is 2. The fraction of sp³-hybridized carbons (Fsp3) is 0.429. The van der Waals surface area contributed by atoms with Crippen LogP contribution in [0.3, 0.4) is 0 Å². The van der Waals surface area contributed by atoms with E-state index in [4.69, 9.17) is 0 Å². The highest BCUT2D eigenvalue weighted by atomic mass is 16.2. The van der Waals surface area contributed by atoms with Crippen molar-refractivity contribution in [1.82, 2.24) is 10.2 Å². The molecule has 3 rings (SSSR count). The van der Waals surface area contributed by atoms with E-state index in [2.05, 4.69) is 5.32 Å². The Morgan fingerprint density at radius 1 is 1.22 bits per heavy atom. The molecule has 0 saturated carbocycles. The number of nitrogens with zero attached hydrogens (tertiary/aromatic N) is 1. The Balaban J connectivity index is 1.96. The minimum Gasteiger partial charge on any atom is -0.315 e. The SMILES string of the molecule is Cc1ccc2c(c1)C(=O)N([C@@H]1CCCNC1)C2=O. The van der Waals surface area contributed by atoms with Crippen molar-refractivity contribution in [2.45, 2.75) is 25.8 Å². The summed E-state index contributed by atoms with van der Waals surface area (Å²) < 4.78 is 0. The first-order valence-corrected chi connectivity index (χ1v) is 6.38. The van der Waals surface area contributed by atoms with Crippen LogP contribution < -0.4 is 5.32 Å². The van der Waals surface area contributed by atoms with Gasteiger partial charge >= 0.3 is 0 Å². The molecule has 0 spiro atoms. The van der Waals surface area contributed by atoms with E-state index in [0.717, 1.165) is 24.9 Å². The minimum atomic E-state index is -0.135. The van der Waals surface area contributed by atoms with Gasteiger partial charge < -0.3 is 5.32 Å². The Bertz CT molecular complexity index is 519. The summed E-state index contributed by atoms with van der Waals surface area (Å²) in [5, 5.41) is 3.24. The highest BCUT2D eigenvalue weighted by Crippen LogP contribution is 2.27. The summed E-state index contributed by atoms with van der Waals surface area (Å²) in [5.74, 6) is -0.267. The van der Waals surface area contributed by atoms with Gasteiger partial charge in [0, 0.05) is 6.54 Å². The van der Waals surface area contributed by atoms with Crippen LogP contribution in [0.25, 0.3) is 0 Å².